The van der Waals surface area contributed by atoms with Crippen LogP contribution in [0.1, 0.15) is 30.6 Å². The Labute approximate surface area is 162 Å². The standard InChI is InChI=1S/C18H18Cl2N2O2S/c1-3-11(2)24-13-7-4-6-12(10-13)17(23)22-18(25)21-15-9-5-8-14(19)16(15)20/h4-11H,3H2,1-2H3,(H2,21,22,23,25). The summed E-state index contributed by atoms with van der Waals surface area (Å²) in [5, 5.41) is 6.33. The largest absolute Gasteiger partial charge is 0.491 e. The molecule has 2 N–H and O–H groups in total. The van der Waals surface area contributed by atoms with E-state index in [9.17, 15) is 4.79 Å². The minimum Gasteiger partial charge on any atom is -0.491 e. The predicted octanol–water partition coefficient (Wildman–Crippen LogP) is 5.30. The summed E-state index contributed by atoms with van der Waals surface area (Å²) >= 11 is 17.2. The van der Waals surface area contributed by atoms with Gasteiger partial charge in [-0.05, 0) is 55.9 Å². The average molecular weight is 397 g/mol. The fourth-order valence-electron chi connectivity index (χ4n) is 1.96. The lowest BCUT2D eigenvalue weighted by Crippen LogP contribution is -2.34. The maximum absolute atomic E-state index is 12.4. The Morgan fingerprint density at radius 2 is 1.96 bits per heavy atom. The van der Waals surface area contributed by atoms with Gasteiger partial charge in [0.25, 0.3) is 5.91 Å². The third-order valence-corrected chi connectivity index (χ3v) is 4.46. The van der Waals surface area contributed by atoms with Crippen LogP contribution in [0.3, 0.4) is 0 Å². The number of rotatable bonds is 5. The molecule has 0 fully saturated rings. The monoisotopic (exact) mass is 396 g/mol. The number of anilines is 1. The molecule has 1 atom stereocenters. The van der Waals surface area contributed by atoms with Gasteiger partial charge in [0.1, 0.15) is 5.75 Å². The number of benzene rings is 2. The maximum Gasteiger partial charge on any atom is 0.257 e. The normalized spacial score (nSPS) is 11.5. The van der Waals surface area contributed by atoms with Crippen LogP contribution < -0.4 is 15.4 Å². The van der Waals surface area contributed by atoms with Gasteiger partial charge in [0.15, 0.2) is 5.11 Å². The van der Waals surface area contributed by atoms with Crippen LogP contribution in [0.4, 0.5) is 5.69 Å². The van der Waals surface area contributed by atoms with Gasteiger partial charge in [-0.15, -0.1) is 0 Å². The summed E-state index contributed by atoms with van der Waals surface area (Å²) in [5.74, 6) is 0.295. The molecular formula is C18H18Cl2N2O2S. The summed E-state index contributed by atoms with van der Waals surface area (Å²) in [6.07, 6.45) is 0.955. The van der Waals surface area contributed by atoms with Crippen LogP contribution in [-0.2, 0) is 0 Å². The topological polar surface area (TPSA) is 50.4 Å². The summed E-state index contributed by atoms with van der Waals surface area (Å²) < 4.78 is 5.72. The van der Waals surface area contributed by atoms with Crippen molar-refractivity contribution in [3.8, 4) is 5.75 Å². The molecule has 0 aliphatic heterocycles. The molecule has 0 heterocycles. The van der Waals surface area contributed by atoms with Gasteiger partial charge in [-0.1, -0.05) is 42.3 Å². The van der Waals surface area contributed by atoms with Crippen LogP contribution in [0.15, 0.2) is 42.5 Å². The number of amides is 1. The number of carbonyl (C=O) groups excluding carboxylic acids is 1. The smallest absolute Gasteiger partial charge is 0.257 e. The molecule has 0 spiro atoms. The number of halogens is 2. The second kappa shape index (κ2) is 9.04. The second-order valence-electron chi connectivity index (χ2n) is 5.37. The van der Waals surface area contributed by atoms with Crippen molar-refractivity contribution in [1.82, 2.24) is 5.32 Å². The van der Waals surface area contributed by atoms with Gasteiger partial charge in [-0.25, -0.2) is 0 Å². The number of nitrogens with one attached hydrogen (secondary N) is 2. The summed E-state index contributed by atoms with van der Waals surface area (Å²) in [7, 11) is 0. The van der Waals surface area contributed by atoms with Crippen LogP contribution in [0, 0.1) is 0 Å². The first kappa shape index (κ1) is 19.5. The maximum atomic E-state index is 12.4. The van der Waals surface area contributed by atoms with Crippen molar-refractivity contribution in [3.05, 3.63) is 58.1 Å². The van der Waals surface area contributed by atoms with Crippen molar-refractivity contribution in [3.63, 3.8) is 0 Å². The highest BCUT2D eigenvalue weighted by Crippen LogP contribution is 2.29. The molecule has 25 heavy (non-hydrogen) atoms. The molecule has 0 radical (unpaired) electrons. The van der Waals surface area contributed by atoms with E-state index in [2.05, 4.69) is 10.6 Å². The molecule has 0 aromatic heterocycles. The highest BCUT2D eigenvalue weighted by molar-refractivity contribution is 7.80. The Hall–Kier alpha value is -1.82. The first-order valence-electron chi connectivity index (χ1n) is 7.73. The lowest BCUT2D eigenvalue weighted by atomic mass is 10.2. The number of hydrogen-bond donors (Lipinski definition) is 2. The van der Waals surface area contributed by atoms with E-state index >= 15 is 0 Å². The summed E-state index contributed by atoms with van der Waals surface area (Å²) in [6, 6.07) is 12.1. The summed E-state index contributed by atoms with van der Waals surface area (Å²) in [6.45, 7) is 4.01. The Morgan fingerprint density at radius 3 is 2.68 bits per heavy atom. The Kier molecular flexibility index (Phi) is 7.05. The second-order valence-corrected chi connectivity index (χ2v) is 6.57. The summed E-state index contributed by atoms with van der Waals surface area (Å²) in [5.41, 5.74) is 0.968. The van der Waals surface area contributed by atoms with Crippen molar-refractivity contribution in [2.45, 2.75) is 26.4 Å². The van der Waals surface area contributed by atoms with E-state index in [1.807, 2.05) is 19.9 Å². The van der Waals surface area contributed by atoms with Crippen LogP contribution >= 0.6 is 35.4 Å². The molecule has 2 rings (SSSR count). The fraction of sp³-hybridized carbons (Fsp3) is 0.222. The van der Waals surface area contributed by atoms with Gasteiger partial charge in [-0.2, -0.15) is 0 Å². The molecule has 0 bridgehead atoms. The molecular weight excluding hydrogens is 379 g/mol. The number of thiocarbonyl (C=S) groups is 1. The molecule has 2 aromatic rings. The zero-order chi connectivity index (χ0) is 18.4. The molecule has 1 amide bonds. The van der Waals surface area contributed by atoms with Crippen molar-refractivity contribution < 1.29 is 9.53 Å². The third kappa shape index (κ3) is 5.59. The first-order chi connectivity index (χ1) is 11.9. The number of ether oxygens (including phenoxy) is 1. The number of hydrogen-bond acceptors (Lipinski definition) is 3. The molecule has 0 saturated carbocycles. The van der Waals surface area contributed by atoms with E-state index < -0.39 is 0 Å². The molecule has 2 aromatic carbocycles. The fourth-order valence-corrected chi connectivity index (χ4v) is 2.51. The van der Waals surface area contributed by atoms with Gasteiger partial charge < -0.3 is 10.1 Å². The van der Waals surface area contributed by atoms with Crippen LogP contribution in [0.2, 0.25) is 10.0 Å². The van der Waals surface area contributed by atoms with Crippen molar-refractivity contribution in [2.75, 3.05) is 5.32 Å². The molecule has 4 nitrogen and oxygen atoms in total. The van der Waals surface area contributed by atoms with E-state index in [4.69, 9.17) is 40.2 Å². The highest BCUT2D eigenvalue weighted by Gasteiger charge is 2.11. The van der Waals surface area contributed by atoms with Gasteiger partial charge >= 0.3 is 0 Å². The first-order valence-corrected chi connectivity index (χ1v) is 8.90. The van der Waals surface area contributed by atoms with Crippen LogP contribution in [0.25, 0.3) is 0 Å². The lowest BCUT2D eigenvalue weighted by molar-refractivity contribution is 0.0977. The lowest BCUT2D eigenvalue weighted by Gasteiger charge is -2.14. The molecule has 0 aliphatic carbocycles. The minimum absolute atomic E-state index is 0.0750. The van der Waals surface area contributed by atoms with E-state index in [1.54, 1.807) is 36.4 Å². The SMILES string of the molecule is CCC(C)Oc1cccc(C(=O)NC(=S)Nc2cccc(Cl)c2Cl)c1. The van der Waals surface area contributed by atoms with Crippen molar-refractivity contribution >= 4 is 52.1 Å². The summed E-state index contributed by atoms with van der Waals surface area (Å²) in [4.78, 5) is 12.4. The molecule has 1 unspecified atom stereocenters. The van der Waals surface area contributed by atoms with Gasteiger partial charge in [0.2, 0.25) is 0 Å². The zero-order valence-corrected chi connectivity index (χ0v) is 16.1. The van der Waals surface area contributed by atoms with Crippen LogP contribution in [0.5, 0.6) is 5.75 Å². The van der Waals surface area contributed by atoms with Gasteiger partial charge in [-0.3, -0.25) is 10.1 Å². The Morgan fingerprint density at radius 1 is 1.24 bits per heavy atom. The van der Waals surface area contributed by atoms with E-state index in [-0.39, 0.29) is 17.1 Å². The Bertz CT molecular complexity index is 783. The molecule has 0 aliphatic rings. The number of carbonyl (C=O) groups is 1. The molecule has 7 heteroatoms. The van der Waals surface area contributed by atoms with Crippen molar-refractivity contribution in [2.24, 2.45) is 0 Å². The van der Waals surface area contributed by atoms with E-state index in [0.717, 1.165) is 6.42 Å². The quantitative estimate of drug-likeness (QED) is 0.673. The third-order valence-electron chi connectivity index (χ3n) is 3.44. The predicted molar refractivity (Wildman–Crippen MR) is 107 cm³/mol. The highest BCUT2D eigenvalue weighted by atomic mass is 35.5. The van der Waals surface area contributed by atoms with E-state index in [1.165, 1.54) is 0 Å². The Balaban J connectivity index is 2.02. The van der Waals surface area contributed by atoms with Crippen molar-refractivity contribution in [1.29, 1.82) is 0 Å². The minimum atomic E-state index is -0.342. The molecule has 0 saturated heterocycles. The van der Waals surface area contributed by atoms with E-state index in [0.29, 0.717) is 27.0 Å². The van der Waals surface area contributed by atoms with Crippen LogP contribution in [-0.4, -0.2) is 17.1 Å². The average Bonchev–Trinajstić information content (AvgIpc) is 2.59. The zero-order valence-electron chi connectivity index (χ0n) is 13.8. The molecule has 132 valence electrons. The van der Waals surface area contributed by atoms with Gasteiger partial charge in [0, 0.05) is 5.56 Å². The van der Waals surface area contributed by atoms with Gasteiger partial charge in [0.05, 0.1) is 21.8 Å².